The van der Waals surface area contributed by atoms with Gasteiger partial charge in [-0.2, -0.15) is 0 Å². The Bertz CT molecular complexity index is 1130. The second-order valence-corrected chi connectivity index (χ2v) is 8.49. The molecule has 0 bridgehead atoms. The summed E-state index contributed by atoms with van der Waals surface area (Å²) in [4.78, 5) is 24.5. The summed E-state index contributed by atoms with van der Waals surface area (Å²) in [7, 11) is 0. The van der Waals surface area contributed by atoms with Crippen LogP contribution >= 0.6 is 12.2 Å². The lowest BCUT2D eigenvalue weighted by Crippen LogP contribution is -2.32. The van der Waals surface area contributed by atoms with Crippen LogP contribution in [0.15, 0.2) is 72.8 Å². The van der Waals surface area contributed by atoms with Crippen LogP contribution in [0.4, 0.5) is 4.79 Å². The third kappa shape index (κ3) is 5.46. The number of hydrogen-bond donors (Lipinski definition) is 2. The zero-order valence-corrected chi connectivity index (χ0v) is 19.3. The van der Waals surface area contributed by atoms with Crippen LogP contribution in [0.25, 0.3) is 11.1 Å². The van der Waals surface area contributed by atoms with Crippen LogP contribution in [0, 0.1) is 0 Å². The molecule has 1 aliphatic rings. The van der Waals surface area contributed by atoms with E-state index in [1.165, 1.54) is 22.3 Å². The van der Waals surface area contributed by atoms with Crippen molar-refractivity contribution in [1.82, 2.24) is 10.6 Å². The molecule has 5 nitrogen and oxygen atoms in total. The van der Waals surface area contributed by atoms with Gasteiger partial charge in [-0.1, -0.05) is 85.0 Å². The van der Waals surface area contributed by atoms with E-state index in [9.17, 15) is 9.59 Å². The zero-order valence-electron chi connectivity index (χ0n) is 18.5. The van der Waals surface area contributed by atoms with Gasteiger partial charge in [0.2, 0.25) is 5.91 Å². The number of nitrogens with one attached hydrogen (secondary N) is 2. The maximum Gasteiger partial charge on any atom is 0.412 e. The van der Waals surface area contributed by atoms with Crippen molar-refractivity contribution in [2.45, 2.75) is 25.7 Å². The van der Waals surface area contributed by atoms with Crippen LogP contribution < -0.4 is 10.6 Å². The molecule has 0 radical (unpaired) electrons. The van der Waals surface area contributed by atoms with E-state index in [2.05, 4.69) is 34.9 Å². The molecule has 4 rings (SSSR count). The molecule has 168 valence electrons. The second-order valence-electron chi connectivity index (χ2n) is 8.00. The standard InChI is InChI=1S/C27H26N2O3S/c1-2-28-25(30)15-18-11-13-19(14-12-18)16-26(33)29-27(31)32-17-24-22-9-5-3-7-20(22)21-8-4-6-10-23(21)24/h3-14,24H,2,15-17H2,1H3,(H,28,30)(H,29,31,33). The summed E-state index contributed by atoms with van der Waals surface area (Å²) in [6, 6.07) is 24.1. The molecule has 1 aliphatic carbocycles. The predicted octanol–water partition coefficient (Wildman–Crippen LogP) is 4.77. The van der Waals surface area contributed by atoms with Gasteiger partial charge < -0.3 is 10.1 Å². The van der Waals surface area contributed by atoms with Gasteiger partial charge in [0.25, 0.3) is 0 Å². The summed E-state index contributed by atoms with van der Waals surface area (Å²) >= 11 is 5.35. The Labute approximate surface area is 199 Å². The molecule has 0 atom stereocenters. The average Bonchev–Trinajstić information content (AvgIpc) is 3.13. The number of rotatable bonds is 7. The monoisotopic (exact) mass is 458 g/mol. The first-order valence-corrected chi connectivity index (χ1v) is 11.4. The van der Waals surface area contributed by atoms with Crippen molar-refractivity contribution >= 4 is 29.2 Å². The van der Waals surface area contributed by atoms with Crippen LogP contribution in [-0.4, -0.2) is 30.1 Å². The summed E-state index contributed by atoms with van der Waals surface area (Å²) in [6.45, 7) is 2.76. The van der Waals surface area contributed by atoms with Gasteiger partial charge in [-0.05, 0) is 40.3 Å². The van der Waals surface area contributed by atoms with Crippen molar-refractivity contribution in [3.63, 3.8) is 0 Å². The molecular formula is C27H26N2O3S. The van der Waals surface area contributed by atoms with Crippen molar-refractivity contribution < 1.29 is 14.3 Å². The minimum atomic E-state index is -0.547. The summed E-state index contributed by atoms with van der Waals surface area (Å²) in [5.74, 6) is 0.00636. The van der Waals surface area contributed by atoms with Crippen molar-refractivity contribution in [1.29, 1.82) is 0 Å². The highest BCUT2D eigenvalue weighted by atomic mass is 32.1. The molecule has 0 aromatic heterocycles. The van der Waals surface area contributed by atoms with Crippen LogP contribution in [-0.2, 0) is 22.4 Å². The molecule has 0 aliphatic heterocycles. The van der Waals surface area contributed by atoms with E-state index >= 15 is 0 Å². The third-order valence-corrected chi connectivity index (χ3v) is 5.96. The van der Waals surface area contributed by atoms with Crippen LogP contribution in [0.5, 0.6) is 0 Å². The maximum absolute atomic E-state index is 12.4. The summed E-state index contributed by atoms with van der Waals surface area (Å²) < 4.78 is 5.55. The van der Waals surface area contributed by atoms with Gasteiger partial charge in [0.15, 0.2) is 0 Å². The highest BCUT2D eigenvalue weighted by Gasteiger charge is 2.29. The van der Waals surface area contributed by atoms with Gasteiger partial charge in [0.05, 0.1) is 11.4 Å². The predicted molar refractivity (Wildman–Crippen MR) is 133 cm³/mol. The molecule has 0 unspecified atom stereocenters. The molecule has 3 aromatic carbocycles. The lowest BCUT2D eigenvalue weighted by atomic mass is 9.98. The highest BCUT2D eigenvalue weighted by Crippen LogP contribution is 2.44. The number of carbonyl (C=O) groups excluding carboxylic acids is 2. The lowest BCUT2D eigenvalue weighted by Gasteiger charge is -2.15. The lowest BCUT2D eigenvalue weighted by molar-refractivity contribution is -0.120. The maximum atomic E-state index is 12.4. The van der Waals surface area contributed by atoms with Crippen molar-refractivity contribution in [3.05, 3.63) is 95.1 Å². The van der Waals surface area contributed by atoms with E-state index in [0.717, 1.165) is 11.1 Å². The molecule has 33 heavy (non-hydrogen) atoms. The number of fused-ring (bicyclic) bond motifs is 3. The molecule has 0 spiro atoms. The Hall–Kier alpha value is -3.51. The number of benzene rings is 3. The number of hydrogen-bond acceptors (Lipinski definition) is 4. The number of ether oxygens (including phenoxy) is 1. The minimum Gasteiger partial charge on any atom is -0.448 e. The fourth-order valence-corrected chi connectivity index (χ4v) is 4.45. The van der Waals surface area contributed by atoms with E-state index in [0.29, 0.717) is 24.4 Å². The topological polar surface area (TPSA) is 67.4 Å². The van der Waals surface area contributed by atoms with Crippen molar-refractivity contribution in [2.75, 3.05) is 13.2 Å². The van der Waals surface area contributed by atoms with Gasteiger partial charge >= 0.3 is 6.09 Å². The number of amides is 2. The van der Waals surface area contributed by atoms with Gasteiger partial charge in [-0.25, -0.2) is 4.79 Å². The number of carbonyl (C=O) groups is 2. The van der Waals surface area contributed by atoms with Crippen molar-refractivity contribution in [2.24, 2.45) is 0 Å². The van der Waals surface area contributed by atoms with Gasteiger partial charge in [0.1, 0.15) is 6.61 Å². The van der Waals surface area contributed by atoms with E-state index in [1.54, 1.807) is 0 Å². The first-order chi connectivity index (χ1) is 16.0. The van der Waals surface area contributed by atoms with E-state index in [-0.39, 0.29) is 18.4 Å². The Morgan fingerprint density at radius 1 is 0.848 bits per heavy atom. The normalized spacial score (nSPS) is 11.9. The number of thiocarbonyl (C=S) groups is 1. The van der Waals surface area contributed by atoms with Crippen molar-refractivity contribution in [3.8, 4) is 11.1 Å². The Morgan fingerprint density at radius 3 is 1.97 bits per heavy atom. The Balaban J connectivity index is 1.30. The number of likely N-dealkylation sites (N-methyl/N-ethyl adjacent to an activating group) is 1. The summed E-state index contributed by atoms with van der Waals surface area (Å²) in [5, 5.41) is 5.45. The average molecular weight is 459 g/mol. The largest absolute Gasteiger partial charge is 0.448 e. The smallest absolute Gasteiger partial charge is 0.412 e. The molecule has 3 aromatic rings. The number of alkyl carbamates (subject to hydrolysis) is 1. The molecular weight excluding hydrogens is 432 g/mol. The van der Waals surface area contributed by atoms with Gasteiger partial charge in [-0.15, -0.1) is 0 Å². The molecule has 0 saturated carbocycles. The SMILES string of the molecule is CCNC(=O)Cc1ccc(CC(=S)NC(=O)OCC2c3ccccc3-c3ccccc32)cc1. The van der Waals surface area contributed by atoms with E-state index in [1.807, 2.05) is 55.5 Å². The molecule has 0 saturated heterocycles. The first-order valence-electron chi connectivity index (χ1n) is 11.0. The molecule has 2 amide bonds. The Morgan fingerprint density at radius 2 is 1.39 bits per heavy atom. The Kier molecular flexibility index (Phi) is 7.15. The van der Waals surface area contributed by atoms with Crippen LogP contribution in [0.3, 0.4) is 0 Å². The molecule has 2 N–H and O–H groups in total. The fourth-order valence-electron chi connectivity index (χ4n) is 4.20. The zero-order chi connectivity index (χ0) is 23.2. The van der Waals surface area contributed by atoms with Crippen LogP contribution in [0.1, 0.15) is 35.1 Å². The first kappa shape index (κ1) is 22.7. The summed E-state index contributed by atoms with van der Waals surface area (Å²) in [6.07, 6.45) is 0.215. The van der Waals surface area contributed by atoms with Crippen LogP contribution in [0.2, 0.25) is 0 Å². The second kappa shape index (κ2) is 10.4. The van der Waals surface area contributed by atoms with Gasteiger partial charge in [0, 0.05) is 18.9 Å². The quantitative estimate of drug-likeness (QED) is 0.501. The molecule has 0 heterocycles. The molecule has 6 heteroatoms. The highest BCUT2D eigenvalue weighted by molar-refractivity contribution is 7.80. The third-order valence-electron chi connectivity index (χ3n) is 5.71. The fraction of sp³-hybridized carbons (Fsp3) is 0.222. The van der Waals surface area contributed by atoms with E-state index < -0.39 is 6.09 Å². The van der Waals surface area contributed by atoms with E-state index in [4.69, 9.17) is 17.0 Å². The molecule has 0 fully saturated rings. The van der Waals surface area contributed by atoms with Gasteiger partial charge in [-0.3, -0.25) is 10.1 Å². The minimum absolute atomic E-state index is 0.00214. The summed E-state index contributed by atoms with van der Waals surface area (Å²) in [5.41, 5.74) is 6.60.